The van der Waals surface area contributed by atoms with Crippen LogP contribution in [0.2, 0.25) is 0 Å². The fourth-order valence-electron chi connectivity index (χ4n) is 2.45. The lowest BCUT2D eigenvalue weighted by atomic mass is 10.2. The number of nitrogens with one attached hydrogen (secondary N) is 1. The highest BCUT2D eigenvalue weighted by molar-refractivity contribution is 5.91. The molecule has 1 aromatic carbocycles. The van der Waals surface area contributed by atoms with Crippen LogP contribution >= 0.6 is 0 Å². The second-order valence-corrected chi connectivity index (χ2v) is 5.91. The fraction of sp³-hybridized carbons (Fsp3) is 0.333. The second-order valence-electron chi connectivity index (χ2n) is 5.91. The molecule has 1 atom stereocenters. The predicted molar refractivity (Wildman–Crippen MR) is 98.3 cm³/mol. The molecule has 150 valence electrons. The maximum atomic E-state index is 12.2. The minimum Gasteiger partial charge on any atom is -0.493 e. The monoisotopic (exact) mass is 391 g/mol. The van der Waals surface area contributed by atoms with E-state index in [2.05, 4.69) is 5.32 Å². The first kappa shape index (κ1) is 20.7. The summed E-state index contributed by atoms with van der Waals surface area (Å²) in [6, 6.07) is 6.29. The molecular weight excluding hydrogens is 370 g/mol. The van der Waals surface area contributed by atoms with Gasteiger partial charge in [0.05, 0.1) is 25.3 Å². The maximum Gasteiger partial charge on any atom is 0.355 e. The van der Waals surface area contributed by atoms with Gasteiger partial charge in [-0.15, -0.1) is 0 Å². The molecule has 0 saturated heterocycles. The normalized spacial score (nSPS) is 11.4. The van der Waals surface area contributed by atoms with Gasteiger partial charge in [0, 0.05) is 19.7 Å². The summed E-state index contributed by atoms with van der Waals surface area (Å²) in [4.78, 5) is 34.5. The molecule has 0 aliphatic carbocycles. The second kappa shape index (κ2) is 8.89. The van der Waals surface area contributed by atoms with Gasteiger partial charge in [-0.1, -0.05) is 6.07 Å². The SMILES string of the molecule is COc1ccc(CNC(=O)C(C)OC(=O)c2cc([N+](=O)[O-])cn2C)cc1OC. The largest absolute Gasteiger partial charge is 0.493 e. The number of nitro groups is 1. The van der Waals surface area contributed by atoms with Gasteiger partial charge in [-0.3, -0.25) is 14.9 Å². The van der Waals surface area contributed by atoms with Crippen LogP contribution in [0.5, 0.6) is 11.5 Å². The number of rotatable bonds is 8. The van der Waals surface area contributed by atoms with Crippen molar-refractivity contribution in [2.75, 3.05) is 14.2 Å². The highest BCUT2D eigenvalue weighted by Crippen LogP contribution is 2.27. The van der Waals surface area contributed by atoms with Crippen LogP contribution in [0.25, 0.3) is 0 Å². The Morgan fingerprint density at radius 2 is 1.89 bits per heavy atom. The lowest BCUT2D eigenvalue weighted by Crippen LogP contribution is -2.35. The number of esters is 1. The molecule has 0 saturated carbocycles. The Bertz CT molecular complexity index is 891. The third kappa shape index (κ3) is 4.78. The van der Waals surface area contributed by atoms with Gasteiger partial charge in [-0.2, -0.15) is 0 Å². The molecular formula is C18H21N3O7. The Balaban J connectivity index is 1.96. The van der Waals surface area contributed by atoms with Gasteiger partial charge in [0.15, 0.2) is 17.6 Å². The first-order chi connectivity index (χ1) is 13.3. The lowest BCUT2D eigenvalue weighted by molar-refractivity contribution is -0.384. The summed E-state index contributed by atoms with van der Waals surface area (Å²) in [5.74, 6) is -0.244. The highest BCUT2D eigenvalue weighted by Gasteiger charge is 2.23. The van der Waals surface area contributed by atoms with Gasteiger partial charge in [-0.05, 0) is 24.6 Å². The summed E-state index contributed by atoms with van der Waals surface area (Å²) in [5, 5.41) is 13.4. The van der Waals surface area contributed by atoms with Crippen LogP contribution in [-0.2, 0) is 23.1 Å². The molecule has 0 radical (unpaired) electrons. The molecule has 10 heteroatoms. The maximum absolute atomic E-state index is 12.2. The molecule has 1 unspecified atom stereocenters. The molecule has 1 N–H and O–H groups in total. The van der Waals surface area contributed by atoms with E-state index in [4.69, 9.17) is 14.2 Å². The van der Waals surface area contributed by atoms with Crippen molar-refractivity contribution in [3.63, 3.8) is 0 Å². The lowest BCUT2D eigenvalue weighted by Gasteiger charge is -2.14. The molecule has 0 bridgehead atoms. The first-order valence-corrected chi connectivity index (χ1v) is 8.27. The molecule has 2 aromatic rings. The molecule has 2 rings (SSSR count). The number of hydrogen-bond acceptors (Lipinski definition) is 7. The van der Waals surface area contributed by atoms with Crippen molar-refractivity contribution in [2.45, 2.75) is 19.6 Å². The molecule has 1 amide bonds. The number of carbonyl (C=O) groups is 2. The van der Waals surface area contributed by atoms with Gasteiger partial charge in [0.1, 0.15) is 5.69 Å². The zero-order chi connectivity index (χ0) is 20.8. The van der Waals surface area contributed by atoms with E-state index in [0.29, 0.717) is 11.5 Å². The molecule has 0 spiro atoms. The number of amides is 1. The average molecular weight is 391 g/mol. The minimum atomic E-state index is -1.08. The Morgan fingerprint density at radius 1 is 1.21 bits per heavy atom. The predicted octanol–water partition coefficient (Wildman–Crippen LogP) is 1.81. The van der Waals surface area contributed by atoms with E-state index in [0.717, 1.165) is 11.6 Å². The van der Waals surface area contributed by atoms with Crippen LogP contribution in [0, 0.1) is 10.1 Å². The van der Waals surface area contributed by atoms with Crippen LogP contribution in [-0.4, -0.2) is 41.7 Å². The van der Waals surface area contributed by atoms with Crippen LogP contribution in [0.1, 0.15) is 23.0 Å². The highest BCUT2D eigenvalue weighted by atomic mass is 16.6. The quantitative estimate of drug-likeness (QED) is 0.414. The van der Waals surface area contributed by atoms with Gasteiger partial charge >= 0.3 is 5.97 Å². The topological polar surface area (TPSA) is 122 Å². The number of benzene rings is 1. The van der Waals surface area contributed by atoms with Crippen molar-refractivity contribution >= 4 is 17.6 Å². The van der Waals surface area contributed by atoms with E-state index in [1.807, 2.05) is 0 Å². The van der Waals surface area contributed by atoms with Crippen molar-refractivity contribution < 1.29 is 28.7 Å². The molecule has 0 aliphatic heterocycles. The standard InChI is InChI=1S/C18H21N3O7/c1-11(28-18(23)14-8-13(21(24)25)10-20(14)2)17(22)19-9-12-5-6-15(26-3)16(7-12)27-4/h5-8,10-11H,9H2,1-4H3,(H,19,22). The number of aromatic nitrogens is 1. The van der Waals surface area contributed by atoms with Crippen molar-refractivity contribution in [1.82, 2.24) is 9.88 Å². The van der Waals surface area contributed by atoms with Gasteiger partial charge in [0.2, 0.25) is 0 Å². The number of hydrogen-bond donors (Lipinski definition) is 1. The molecule has 10 nitrogen and oxygen atoms in total. The summed E-state index contributed by atoms with van der Waals surface area (Å²) in [7, 11) is 4.51. The van der Waals surface area contributed by atoms with Crippen molar-refractivity contribution in [2.24, 2.45) is 7.05 Å². The number of aryl methyl sites for hydroxylation is 1. The minimum absolute atomic E-state index is 0.0220. The van der Waals surface area contributed by atoms with Crippen LogP contribution < -0.4 is 14.8 Å². The summed E-state index contributed by atoms with van der Waals surface area (Å²) in [6.45, 7) is 1.61. The van der Waals surface area contributed by atoms with E-state index >= 15 is 0 Å². The zero-order valence-corrected chi connectivity index (χ0v) is 15.9. The fourth-order valence-corrected chi connectivity index (χ4v) is 2.45. The van der Waals surface area contributed by atoms with E-state index in [1.54, 1.807) is 18.2 Å². The van der Waals surface area contributed by atoms with Gasteiger partial charge < -0.3 is 24.1 Å². The number of nitrogens with zero attached hydrogens (tertiary/aromatic N) is 2. The van der Waals surface area contributed by atoms with Crippen LogP contribution in [0.3, 0.4) is 0 Å². The number of ether oxygens (including phenoxy) is 3. The smallest absolute Gasteiger partial charge is 0.355 e. The first-order valence-electron chi connectivity index (χ1n) is 8.27. The summed E-state index contributed by atoms with van der Waals surface area (Å²) < 4.78 is 16.7. The Hall–Kier alpha value is -3.56. The van der Waals surface area contributed by atoms with Crippen LogP contribution in [0.15, 0.2) is 30.5 Å². The summed E-state index contributed by atoms with van der Waals surface area (Å²) in [6.07, 6.45) is 0.111. The van der Waals surface area contributed by atoms with Crippen molar-refractivity contribution in [1.29, 1.82) is 0 Å². The molecule has 28 heavy (non-hydrogen) atoms. The van der Waals surface area contributed by atoms with Gasteiger partial charge in [-0.25, -0.2) is 4.79 Å². The molecule has 1 aromatic heterocycles. The van der Waals surface area contributed by atoms with E-state index < -0.39 is 22.9 Å². The van der Waals surface area contributed by atoms with Crippen molar-refractivity contribution in [3.8, 4) is 11.5 Å². The Morgan fingerprint density at radius 3 is 2.46 bits per heavy atom. The Kier molecular flexibility index (Phi) is 6.59. The molecule has 0 fully saturated rings. The van der Waals surface area contributed by atoms with E-state index in [1.165, 1.54) is 39.0 Å². The third-order valence-electron chi connectivity index (χ3n) is 3.98. The summed E-state index contributed by atoms with van der Waals surface area (Å²) >= 11 is 0. The molecule has 0 aliphatic rings. The average Bonchev–Trinajstić information content (AvgIpc) is 3.07. The number of methoxy groups -OCH3 is 2. The zero-order valence-electron chi connectivity index (χ0n) is 15.9. The summed E-state index contributed by atoms with van der Waals surface area (Å²) in [5.41, 5.74) is 0.508. The van der Waals surface area contributed by atoms with E-state index in [-0.39, 0.29) is 17.9 Å². The van der Waals surface area contributed by atoms with Crippen LogP contribution in [0.4, 0.5) is 5.69 Å². The number of carbonyl (C=O) groups excluding carboxylic acids is 2. The van der Waals surface area contributed by atoms with Gasteiger partial charge in [0.25, 0.3) is 11.6 Å². The van der Waals surface area contributed by atoms with Crippen molar-refractivity contribution in [3.05, 3.63) is 51.8 Å². The molecule has 1 heterocycles. The Labute approximate surface area is 161 Å². The van der Waals surface area contributed by atoms with E-state index in [9.17, 15) is 19.7 Å². The third-order valence-corrected chi connectivity index (χ3v) is 3.98.